The minimum absolute atomic E-state index is 0.131. The van der Waals surface area contributed by atoms with Gasteiger partial charge < -0.3 is 19.7 Å². The smallest absolute Gasteiger partial charge is 0.264 e. The molecule has 0 fully saturated rings. The highest BCUT2D eigenvalue weighted by Crippen LogP contribution is 2.36. The molecule has 3 aromatic rings. The van der Waals surface area contributed by atoms with Crippen LogP contribution >= 0.6 is 0 Å². The third-order valence-electron chi connectivity index (χ3n) is 10.1. The standard InChI is InChI=1S/C27H31NO.C22H29N3O5/c1-4-26(22-12-7-5-8-13-22)27(23-14-9-6-10-15-23)24-16-11-17-25(19-18-24)29-21-20-28(2)3;1-3-18(27)24-20(28)15(2)25-21(29)16-11-10-12-17(19(16)22(25)30)23-13-8-6-4-5-7-9-14-26/h5-16,18-19H,4,17,20-21H2,1-3H3;10-12,14-15,23H,3-9,13H2,1-2H3,(H,24,27,28)/b27-26-;. The molecule has 1 aliphatic heterocycles. The second kappa shape index (κ2) is 24.1. The van der Waals surface area contributed by atoms with E-state index in [2.05, 4.69) is 122 Å². The molecule has 0 radical (unpaired) electrons. The first-order valence-corrected chi connectivity index (χ1v) is 20.8. The van der Waals surface area contributed by atoms with E-state index < -0.39 is 29.7 Å². The Morgan fingerprint density at radius 2 is 1.51 bits per heavy atom. The van der Waals surface area contributed by atoms with E-state index in [1.54, 1.807) is 25.1 Å². The first-order valence-electron chi connectivity index (χ1n) is 20.8. The average Bonchev–Trinajstić information content (AvgIpc) is 3.35. The lowest BCUT2D eigenvalue weighted by molar-refractivity contribution is -0.132. The van der Waals surface area contributed by atoms with Crippen LogP contribution in [0.25, 0.3) is 11.1 Å². The number of unbranched alkanes of at least 4 members (excludes halogenated alkanes) is 5. The number of aldehydes is 1. The predicted molar refractivity (Wildman–Crippen MR) is 237 cm³/mol. The fourth-order valence-electron chi connectivity index (χ4n) is 6.88. The Morgan fingerprint density at radius 3 is 2.17 bits per heavy atom. The Labute approximate surface area is 350 Å². The van der Waals surface area contributed by atoms with Crippen LogP contribution in [-0.2, 0) is 19.1 Å². The highest BCUT2D eigenvalue weighted by Gasteiger charge is 2.42. The molecule has 1 unspecified atom stereocenters. The van der Waals surface area contributed by atoms with Crippen molar-refractivity contribution in [3.05, 3.63) is 137 Å². The number of hydrogen-bond acceptors (Lipinski definition) is 8. The maximum Gasteiger partial charge on any atom is 0.264 e. The van der Waals surface area contributed by atoms with E-state index in [9.17, 15) is 24.0 Å². The van der Waals surface area contributed by atoms with Crippen molar-refractivity contribution >= 4 is 46.7 Å². The molecule has 0 aromatic heterocycles. The zero-order valence-electron chi connectivity index (χ0n) is 35.3. The highest BCUT2D eigenvalue weighted by molar-refractivity contribution is 6.25. The number of ether oxygens (including phenoxy) is 1. The maximum absolute atomic E-state index is 12.9. The number of amides is 4. The fraction of sp³-hybridized carbons (Fsp3) is 0.367. The molecule has 0 bridgehead atoms. The first kappa shape index (κ1) is 45.8. The van der Waals surface area contributed by atoms with Crippen LogP contribution in [0.4, 0.5) is 5.69 Å². The van der Waals surface area contributed by atoms with Gasteiger partial charge in [-0.1, -0.05) is 118 Å². The Balaban J connectivity index is 0.000000261. The Hall–Kier alpha value is -5.87. The zero-order valence-corrected chi connectivity index (χ0v) is 35.3. The number of nitrogens with one attached hydrogen (secondary N) is 2. The van der Waals surface area contributed by atoms with Crippen molar-refractivity contribution in [2.24, 2.45) is 0 Å². The van der Waals surface area contributed by atoms with Gasteiger partial charge in [0.05, 0.1) is 16.9 Å². The number of carbonyl (C=O) groups excluding carboxylic acids is 5. The molecular weight excluding hydrogens is 741 g/mol. The summed E-state index contributed by atoms with van der Waals surface area (Å²) < 4.78 is 5.99. The van der Waals surface area contributed by atoms with Crippen LogP contribution < -0.4 is 10.6 Å². The molecule has 1 aliphatic carbocycles. The third kappa shape index (κ3) is 13.3. The van der Waals surface area contributed by atoms with Crippen molar-refractivity contribution in [3.63, 3.8) is 0 Å². The van der Waals surface area contributed by atoms with E-state index in [4.69, 9.17) is 4.74 Å². The Bertz CT molecular complexity index is 2020. The Kier molecular flexibility index (Phi) is 18.8. The van der Waals surface area contributed by atoms with Gasteiger partial charge in [0, 0.05) is 38.0 Å². The van der Waals surface area contributed by atoms with Crippen molar-refractivity contribution in [3.8, 4) is 0 Å². The Morgan fingerprint density at radius 1 is 0.831 bits per heavy atom. The molecule has 10 heteroatoms. The van der Waals surface area contributed by atoms with Gasteiger partial charge in [-0.05, 0) is 86.3 Å². The lowest BCUT2D eigenvalue weighted by Gasteiger charge is -2.21. The number of hydrogen-bond donors (Lipinski definition) is 2. The predicted octanol–water partition coefficient (Wildman–Crippen LogP) is 9.03. The lowest BCUT2D eigenvalue weighted by Crippen LogP contribution is -2.49. The van der Waals surface area contributed by atoms with Crippen LogP contribution in [0.1, 0.15) is 110 Å². The van der Waals surface area contributed by atoms with Gasteiger partial charge in [-0.25, -0.2) is 0 Å². The summed E-state index contributed by atoms with van der Waals surface area (Å²) in [5.74, 6) is -1.21. The van der Waals surface area contributed by atoms with Crippen LogP contribution in [0.2, 0.25) is 0 Å². The summed E-state index contributed by atoms with van der Waals surface area (Å²) in [5.41, 5.74) is 7.47. The molecule has 1 atom stereocenters. The number of fused-ring (bicyclic) bond motifs is 1. The number of nitrogens with zero attached hydrogens (tertiary/aromatic N) is 2. The first-order chi connectivity index (χ1) is 28.6. The van der Waals surface area contributed by atoms with Gasteiger partial charge in [-0.15, -0.1) is 0 Å². The number of imide groups is 2. The summed E-state index contributed by atoms with van der Waals surface area (Å²) in [7, 11) is 4.13. The second-order valence-corrected chi connectivity index (χ2v) is 14.8. The molecule has 1 heterocycles. The molecule has 10 nitrogen and oxygen atoms in total. The van der Waals surface area contributed by atoms with E-state index >= 15 is 0 Å². The van der Waals surface area contributed by atoms with Gasteiger partial charge in [-0.2, -0.15) is 0 Å². The van der Waals surface area contributed by atoms with Crippen LogP contribution in [0.5, 0.6) is 0 Å². The molecule has 59 heavy (non-hydrogen) atoms. The van der Waals surface area contributed by atoms with Crippen LogP contribution in [0.15, 0.2) is 114 Å². The zero-order chi connectivity index (χ0) is 42.6. The SMILES string of the molecule is CC/C(=C(/C1=CC=C(OCCN(C)C)CC=C1)c1ccccc1)c1ccccc1.CCC(=O)NC(=O)C(C)N1C(=O)c2cccc(NCCCCCCCC=O)c2C1=O. The summed E-state index contributed by atoms with van der Waals surface area (Å²) in [5, 5.41) is 5.41. The molecule has 2 N–H and O–H groups in total. The van der Waals surface area contributed by atoms with Crippen molar-refractivity contribution in [1.29, 1.82) is 0 Å². The maximum atomic E-state index is 12.9. The van der Waals surface area contributed by atoms with Crippen LogP contribution in [0, 0.1) is 0 Å². The largest absolute Gasteiger partial charge is 0.496 e. The third-order valence-corrected chi connectivity index (χ3v) is 10.1. The van der Waals surface area contributed by atoms with Gasteiger partial charge in [0.25, 0.3) is 11.8 Å². The highest BCUT2D eigenvalue weighted by atomic mass is 16.5. The van der Waals surface area contributed by atoms with Crippen molar-refractivity contribution < 1.29 is 28.7 Å². The molecule has 2 aliphatic rings. The molecule has 0 saturated carbocycles. The topological polar surface area (TPSA) is 125 Å². The molecule has 3 aromatic carbocycles. The van der Waals surface area contributed by atoms with Crippen molar-refractivity contribution in [2.75, 3.05) is 39.1 Å². The van der Waals surface area contributed by atoms with Gasteiger partial charge in [0.1, 0.15) is 18.9 Å². The van der Waals surface area contributed by atoms with E-state index in [0.29, 0.717) is 25.3 Å². The summed E-state index contributed by atoms with van der Waals surface area (Å²) in [6.45, 7) is 7.54. The van der Waals surface area contributed by atoms with E-state index in [1.165, 1.54) is 34.8 Å². The molecule has 312 valence electrons. The normalized spacial score (nSPS) is 14.2. The van der Waals surface area contributed by atoms with E-state index in [-0.39, 0.29) is 17.5 Å². The number of rotatable bonds is 20. The molecular formula is C49H60N4O6. The lowest BCUT2D eigenvalue weighted by atomic mass is 9.87. The summed E-state index contributed by atoms with van der Waals surface area (Å²) in [6, 6.07) is 25.3. The van der Waals surface area contributed by atoms with E-state index in [1.807, 2.05) is 0 Å². The molecule has 5 rings (SSSR count). The molecule has 4 amide bonds. The summed E-state index contributed by atoms with van der Waals surface area (Å²) >= 11 is 0. The van der Waals surface area contributed by atoms with Gasteiger partial charge >= 0.3 is 0 Å². The van der Waals surface area contributed by atoms with Crippen LogP contribution in [-0.4, -0.2) is 79.5 Å². The van der Waals surface area contributed by atoms with Gasteiger partial charge in [0.2, 0.25) is 11.8 Å². The van der Waals surface area contributed by atoms with Gasteiger partial charge in [-0.3, -0.25) is 29.4 Å². The molecule has 0 spiro atoms. The van der Waals surface area contributed by atoms with Crippen LogP contribution in [0.3, 0.4) is 0 Å². The monoisotopic (exact) mass is 800 g/mol. The van der Waals surface area contributed by atoms with Gasteiger partial charge in [0.15, 0.2) is 0 Å². The minimum Gasteiger partial charge on any atom is -0.496 e. The molecule has 0 saturated heterocycles. The summed E-state index contributed by atoms with van der Waals surface area (Å²) in [6.07, 6.45) is 17.1. The van der Waals surface area contributed by atoms with E-state index in [0.717, 1.165) is 68.4 Å². The van der Waals surface area contributed by atoms with Crippen molar-refractivity contribution in [1.82, 2.24) is 15.1 Å². The average molecular weight is 801 g/mol. The number of anilines is 1. The summed E-state index contributed by atoms with van der Waals surface area (Å²) in [4.78, 5) is 62.8. The fourth-order valence-corrected chi connectivity index (χ4v) is 6.88. The second-order valence-electron chi connectivity index (χ2n) is 14.8. The number of benzene rings is 3. The number of likely N-dealkylation sites (N-methyl/N-ethyl adjacent to an activating group) is 1. The minimum atomic E-state index is -1.09. The van der Waals surface area contributed by atoms with Crippen molar-refractivity contribution in [2.45, 2.75) is 84.6 Å². The number of allylic oxidation sites excluding steroid dienone is 7. The quantitative estimate of drug-likeness (QED) is 0.0502. The number of carbonyl (C=O) groups is 5.